The van der Waals surface area contributed by atoms with Gasteiger partial charge in [-0.3, -0.25) is 4.79 Å². The monoisotopic (exact) mass is 205 g/mol. The average molecular weight is 205 g/mol. The molecule has 0 heterocycles. The normalized spacial score (nSPS) is 12.3. The Balaban J connectivity index is 2.87. The average Bonchev–Trinajstić information content (AvgIpc) is 2.21. The van der Waals surface area contributed by atoms with Crippen LogP contribution in [0.5, 0.6) is 0 Å². The smallest absolute Gasteiger partial charge is 0.251 e. The summed E-state index contributed by atoms with van der Waals surface area (Å²) in [7, 11) is 0. The van der Waals surface area contributed by atoms with Crippen molar-refractivity contribution in [2.24, 2.45) is 0 Å². The van der Waals surface area contributed by atoms with Crippen molar-refractivity contribution in [2.45, 2.75) is 40.2 Å². The van der Waals surface area contributed by atoms with E-state index < -0.39 is 0 Å². The maximum absolute atomic E-state index is 11.9. The molecule has 0 aromatic heterocycles. The second kappa shape index (κ2) is 4.96. The Morgan fingerprint density at radius 2 is 2.07 bits per heavy atom. The SMILES string of the molecule is CC[C@@H](C)NC(=O)c1cccc(C)c1C. The van der Waals surface area contributed by atoms with Crippen molar-refractivity contribution in [3.8, 4) is 0 Å². The third-order valence-corrected chi connectivity index (χ3v) is 2.84. The molecule has 0 bridgehead atoms. The van der Waals surface area contributed by atoms with Crippen LogP contribution in [0.15, 0.2) is 18.2 Å². The fourth-order valence-electron chi connectivity index (χ4n) is 1.40. The van der Waals surface area contributed by atoms with Gasteiger partial charge in [0.15, 0.2) is 0 Å². The minimum absolute atomic E-state index is 0.0329. The van der Waals surface area contributed by atoms with E-state index in [1.807, 2.05) is 39.0 Å². The zero-order chi connectivity index (χ0) is 11.4. The summed E-state index contributed by atoms with van der Waals surface area (Å²) in [5.74, 6) is 0.0329. The van der Waals surface area contributed by atoms with Crippen LogP contribution in [0.2, 0.25) is 0 Å². The van der Waals surface area contributed by atoms with E-state index in [0.29, 0.717) is 0 Å². The highest BCUT2D eigenvalue weighted by molar-refractivity contribution is 5.96. The Morgan fingerprint density at radius 3 is 2.67 bits per heavy atom. The molecule has 0 unspecified atom stereocenters. The Morgan fingerprint density at radius 1 is 1.40 bits per heavy atom. The minimum atomic E-state index is 0.0329. The number of benzene rings is 1. The molecule has 0 saturated heterocycles. The molecule has 0 aliphatic heterocycles. The van der Waals surface area contributed by atoms with Gasteiger partial charge in [0, 0.05) is 11.6 Å². The van der Waals surface area contributed by atoms with Crippen LogP contribution in [-0.4, -0.2) is 11.9 Å². The first-order valence-electron chi connectivity index (χ1n) is 5.43. The molecule has 2 nitrogen and oxygen atoms in total. The highest BCUT2D eigenvalue weighted by Crippen LogP contribution is 2.12. The molecule has 0 saturated carbocycles. The van der Waals surface area contributed by atoms with E-state index in [4.69, 9.17) is 0 Å². The van der Waals surface area contributed by atoms with E-state index in [0.717, 1.165) is 23.1 Å². The first-order chi connectivity index (χ1) is 7.06. The molecule has 82 valence electrons. The lowest BCUT2D eigenvalue weighted by Crippen LogP contribution is -2.32. The number of amides is 1. The lowest BCUT2D eigenvalue weighted by molar-refractivity contribution is 0.0938. The Bertz CT molecular complexity index is 358. The fraction of sp³-hybridized carbons (Fsp3) is 0.462. The third kappa shape index (κ3) is 2.82. The maximum atomic E-state index is 11.9. The molecule has 0 aliphatic carbocycles. The Kier molecular flexibility index (Phi) is 3.89. The van der Waals surface area contributed by atoms with Gasteiger partial charge in [0.2, 0.25) is 0 Å². The highest BCUT2D eigenvalue weighted by Gasteiger charge is 2.11. The third-order valence-electron chi connectivity index (χ3n) is 2.84. The predicted molar refractivity (Wildman–Crippen MR) is 63.1 cm³/mol. The van der Waals surface area contributed by atoms with E-state index in [2.05, 4.69) is 12.2 Å². The second-order valence-corrected chi connectivity index (χ2v) is 4.03. The van der Waals surface area contributed by atoms with E-state index in [9.17, 15) is 4.79 Å². The minimum Gasteiger partial charge on any atom is -0.350 e. The second-order valence-electron chi connectivity index (χ2n) is 4.03. The predicted octanol–water partition coefficient (Wildman–Crippen LogP) is 2.83. The molecule has 1 aromatic carbocycles. The van der Waals surface area contributed by atoms with Crippen LogP contribution < -0.4 is 5.32 Å². The van der Waals surface area contributed by atoms with E-state index in [-0.39, 0.29) is 11.9 Å². The molecule has 15 heavy (non-hydrogen) atoms. The van der Waals surface area contributed by atoms with E-state index >= 15 is 0 Å². The lowest BCUT2D eigenvalue weighted by atomic mass is 10.0. The summed E-state index contributed by atoms with van der Waals surface area (Å²) in [6.07, 6.45) is 0.955. The Hall–Kier alpha value is -1.31. The van der Waals surface area contributed by atoms with Gasteiger partial charge >= 0.3 is 0 Å². The summed E-state index contributed by atoms with van der Waals surface area (Å²) in [5.41, 5.74) is 3.01. The summed E-state index contributed by atoms with van der Waals surface area (Å²) in [6, 6.07) is 6.06. The maximum Gasteiger partial charge on any atom is 0.251 e. The van der Waals surface area contributed by atoms with Crippen LogP contribution in [0.3, 0.4) is 0 Å². The van der Waals surface area contributed by atoms with Crippen LogP contribution in [0.25, 0.3) is 0 Å². The van der Waals surface area contributed by atoms with Crippen molar-refractivity contribution in [1.29, 1.82) is 0 Å². The first-order valence-corrected chi connectivity index (χ1v) is 5.43. The van der Waals surface area contributed by atoms with E-state index in [1.165, 1.54) is 0 Å². The standard InChI is InChI=1S/C13H19NO/c1-5-10(3)14-13(15)12-8-6-7-9(2)11(12)4/h6-8,10H,5H2,1-4H3,(H,14,15)/t10-/m1/s1. The quantitative estimate of drug-likeness (QED) is 0.807. The molecule has 0 radical (unpaired) electrons. The molecule has 0 aliphatic rings. The molecule has 1 aromatic rings. The van der Waals surface area contributed by atoms with Crippen molar-refractivity contribution >= 4 is 5.91 Å². The van der Waals surface area contributed by atoms with Gasteiger partial charge in [0.25, 0.3) is 5.91 Å². The molecular weight excluding hydrogens is 186 g/mol. The van der Waals surface area contributed by atoms with Gasteiger partial charge in [-0.25, -0.2) is 0 Å². The number of carbonyl (C=O) groups excluding carboxylic acids is 1. The van der Waals surface area contributed by atoms with Crippen molar-refractivity contribution in [2.75, 3.05) is 0 Å². The van der Waals surface area contributed by atoms with Crippen LogP contribution in [0.1, 0.15) is 41.8 Å². The van der Waals surface area contributed by atoms with Gasteiger partial charge in [-0.15, -0.1) is 0 Å². The molecule has 0 fully saturated rings. The largest absolute Gasteiger partial charge is 0.350 e. The summed E-state index contributed by atoms with van der Waals surface area (Å²) in [6.45, 7) is 8.09. The van der Waals surface area contributed by atoms with Gasteiger partial charge in [-0.2, -0.15) is 0 Å². The van der Waals surface area contributed by atoms with Crippen molar-refractivity contribution in [3.05, 3.63) is 34.9 Å². The molecule has 1 atom stereocenters. The number of hydrogen-bond acceptors (Lipinski definition) is 1. The molecule has 2 heteroatoms. The highest BCUT2D eigenvalue weighted by atomic mass is 16.1. The van der Waals surface area contributed by atoms with Gasteiger partial charge in [0.05, 0.1) is 0 Å². The first kappa shape index (κ1) is 11.8. The fourth-order valence-corrected chi connectivity index (χ4v) is 1.40. The van der Waals surface area contributed by atoms with Gasteiger partial charge in [0.1, 0.15) is 0 Å². The number of nitrogens with one attached hydrogen (secondary N) is 1. The number of carbonyl (C=O) groups is 1. The van der Waals surface area contributed by atoms with Crippen LogP contribution in [-0.2, 0) is 0 Å². The van der Waals surface area contributed by atoms with Gasteiger partial charge in [-0.05, 0) is 44.4 Å². The lowest BCUT2D eigenvalue weighted by Gasteiger charge is -2.13. The van der Waals surface area contributed by atoms with Crippen molar-refractivity contribution in [3.63, 3.8) is 0 Å². The number of hydrogen-bond donors (Lipinski definition) is 1. The number of rotatable bonds is 3. The summed E-state index contributed by atoms with van der Waals surface area (Å²) in [4.78, 5) is 11.9. The van der Waals surface area contributed by atoms with Gasteiger partial charge in [-0.1, -0.05) is 19.1 Å². The van der Waals surface area contributed by atoms with Crippen molar-refractivity contribution in [1.82, 2.24) is 5.32 Å². The molecule has 1 N–H and O–H groups in total. The topological polar surface area (TPSA) is 29.1 Å². The zero-order valence-electron chi connectivity index (χ0n) is 9.92. The van der Waals surface area contributed by atoms with Crippen LogP contribution in [0, 0.1) is 13.8 Å². The molecule has 1 rings (SSSR count). The Labute approximate surface area is 91.7 Å². The molecular formula is C13H19NO. The summed E-state index contributed by atoms with van der Waals surface area (Å²) >= 11 is 0. The molecule has 0 spiro atoms. The number of aryl methyl sites for hydroxylation is 1. The zero-order valence-corrected chi connectivity index (χ0v) is 9.92. The van der Waals surface area contributed by atoms with E-state index in [1.54, 1.807) is 0 Å². The van der Waals surface area contributed by atoms with Crippen LogP contribution >= 0.6 is 0 Å². The van der Waals surface area contributed by atoms with Crippen LogP contribution in [0.4, 0.5) is 0 Å². The summed E-state index contributed by atoms with van der Waals surface area (Å²) in [5, 5.41) is 2.97. The summed E-state index contributed by atoms with van der Waals surface area (Å²) < 4.78 is 0. The molecule has 1 amide bonds. The van der Waals surface area contributed by atoms with Crippen molar-refractivity contribution < 1.29 is 4.79 Å². The van der Waals surface area contributed by atoms with Gasteiger partial charge < -0.3 is 5.32 Å².